The number of hydrogen-bond acceptors (Lipinski definition) is 5. The Hall–Kier alpha value is -4.46. The summed E-state index contributed by atoms with van der Waals surface area (Å²) in [5.74, 6) is 1.06. The van der Waals surface area contributed by atoms with Crippen molar-refractivity contribution in [2.45, 2.75) is 13.8 Å². The third-order valence-electron chi connectivity index (χ3n) is 4.11. The quantitative estimate of drug-likeness (QED) is 0.414. The van der Waals surface area contributed by atoms with Crippen LogP contribution in [0.2, 0.25) is 0 Å². The van der Waals surface area contributed by atoms with Crippen LogP contribution in [0.4, 0.5) is 0 Å². The van der Waals surface area contributed by atoms with Crippen LogP contribution in [0.5, 0.6) is 11.5 Å². The predicted octanol–water partition coefficient (Wildman–Crippen LogP) is 4.67. The Kier molecular flexibility index (Phi) is 7.21. The molecule has 6 nitrogen and oxygen atoms in total. The summed E-state index contributed by atoms with van der Waals surface area (Å²) in [6.45, 7) is 10.4. The SMILES string of the molecule is [C-]#[N+]C(C#N)=C(C)c1ccc(O[B]Oc2ccc(C(C)=C(C#N)C#N)cc2)cc1. The Morgan fingerprint density at radius 1 is 0.793 bits per heavy atom. The summed E-state index contributed by atoms with van der Waals surface area (Å²) in [7, 11) is 1.19. The van der Waals surface area contributed by atoms with Crippen molar-refractivity contribution in [3.63, 3.8) is 0 Å². The second-order valence-corrected chi connectivity index (χ2v) is 5.80. The summed E-state index contributed by atoms with van der Waals surface area (Å²) in [6, 6.07) is 19.5. The average Bonchev–Trinajstić information content (AvgIpc) is 2.76. The summed E-state index contributed by atoms with van der Waals surface area (Å²) in [5.41, 5.74) is 2.85. The molecule has 0 saturated heterocycles. The molecule has 0 unspecified atom stereocenters. The molecule has 2 aromatic carbocycles. The fourth-order valence-electron chi connectivity index (χ4n) is 2.37. The van der Waals surface area contributed by atoms with E-state index in [4.69, 9.17) is 31.7 Å². The smallest absolute Gasteiger partial charge is 0.526 e. The number of rotatable bonds is 6. The van der Waals surface area contributed by atoms with E-state index in [-0.39, 0.29) is 11.3 Å². The molecular weight excluding hydrogens is 363 g/mol. The maximum atomic E-state index is 8.94. The van der Waals surface area contributed by atoms with Crippen LogP contribution in [0.3, 0.4) is 0 Å². The van der Waals surface area contributed by atoms with E-state index < -0.39 is 0 Å². The Morgan fingerprint density at radius 2 is 1.24 bits per heavy atom. The largest absolute Gasteiger partial charge is 0.658 e. The van der Waals surface area contributed by atoms with Crippen molar-refractivity contribution < 1.29 is 9.31 Å². The highest BCUT2D eigenvalue weighted by Crippen LogP contribution is 2.23. The summed E-state index contributed by atoms with van der Waals surface area (Å²) < 4.78 is 10.8. The van der Waals surface area contributed by atoms with Gasteiger partial charge < -0.3 is 9.31 Å². The Morgan fingerprint density at radius 3 is 1.62 bits per heavy atom. The normalized spacial score (nSPS) is 10.1. The molecule has 0 aliphatic rings. The average molecular weight is 377 g/mol. The fourth-order valence-corrected chi connectivity index (χ4v) is 2.37. The van der Waals surface area contributed by atoms with Crippen LogP contribution in [0.15, 0.2) is 59.8 Å². The van der Waals surface area contributed by atoms with Crippen molar-refractivity contribution >= 4 is 18.8 Å². The van der Waals surface area contributed by atoms with E-state index in [1.807, 2.05) is 18.2 Å². The van der Waals surface area contributed by atoms with E-state index >= 15 is 0 Å². The molecule has 0 N–H and O–H groups in total. The second kappa shape index (κ2) is 10.0. The number of benzene rings is 2. The number of nitrogens with zero attached hydrogens (tertiary/aromatic N) is 4. The molecule has 0 aromatic heterocycles. The standard InChI is InChI=1S/C22H14BN4O2/c1-15(19(12-24)13-25)17-4-8-20(9-5-17)28-23-29-21-10-6-18(7-11-21)16(2)22(14-26)27-3/h4-11H,1-2H3. The van der Waals surface area contributed by atoms with Gasteiger partial charge in [0.25, 0.3) is 5.70 Å². The van der Waals surface area contributed by atoms with Crippen LogP contribution < -0.4 is 9.31 Å². The lowest BCUT2D eigenvalue weighted by molar-refractivity contribution is 0.459. The first-order valence-electron chi connectivity index (χ1n) is 8.39. The highest BCUT2D eigenvalue weighted by Gasteiger charge is 2.07. The molecule has 0 saturated carbocycles. The molecular formula is C22H14BN4O2. The van der Waals surface area contributed by atoms with Crippen LogP contribution in [-0.4, -0.2) is 7.69 Å². The molecule has 2 aromatic rings. The van der Waals surface area contributed by atoms with Gasteiger partial charge >= 0.3 is 7.69 Å². The van der Waals surface area contributed by atoms with Crippen molar-refractivity contribution in [1.82, 2.24) is 0 Å². The molecule has 0 bridgehead atoms. The monoisotopic (exact) mass is 377 g/mol. The maximum absolute atomic E-state index is 8.94. The molecule has 0 fully saturated rings. The van der Waals surface area contributed by atoms with Gasteiger partial charge in [0.1, 0.15) is 29.2 Å². The minimum absolute atomic E-state index is 0.0544. The highest BCUT2D eigenvalue weighted by atomic mass is 16.6. The molecule has 0 atom stereocenters. The topological polar surface area (TPSA) is 94.2 Å². The Balaban J connectivity index is 1.98. The summed E-state index contributed by atoms with van der Waals surface area (Å²) in [5, 5.41) is 26.8. The fraction of sp³-hybridized carbons (Fsp3) is 0.0909. The second-order valence-electron chi connectivity index (χ2n) is 5.80. The van der Waals surface area contributed by atoms with Crippen molar-refractivity contribution in [1.29, 1.82) is 15.8 Å². The molecule has 29 heavy (non-hydrogen) atoms. The molecule has 1 radical (unpaired) electrons. The first-order valence-corrected chi connectivity index (χ1v) is 8.39. The zero-order chi connectivity index (χ0) is 21.2. The lowest BCUT2D eigenvalue weighted by atomic mass is 10.0. The molecule has 0 amide bonds. The van der Waals surface area contributed by atoms with Gasteiger partial charge in [-0.3, -0.25) is 0 Å². The highest BCUT2D eigenvalue weighted by molar-refractivity contribution is 6.20. The molecule has 0 aliphatic heterocycles. The van der Waals surface area contributed by atoms with E-state index in [2.05, 4.69) is 4.85 Å². The van der Waals surface area contributed by atoms with E-state index in [9.17, 15) is 0 Å². The van der Waals surface area contributed by atoms with Crippen molar-refractivity contribution in [3.8, 4) is 29.7 Å². The van der Waals surface area contributed by atoms with Gasteiger partial charge in [-0.2, -0.15) is 10.5 Å². The molecule has 137 valence electrons. The Labute approximate surface area is 170 Å². The van der Waals surface area contributed by atoms with E-state index in [0.717, 1.165) is 11.1 Å². The number of allylic oxidation sites excluding steroid dienone is 4. The lowest BCUT2D eigenvalue weighted by Crippen LogP contribution is -2.10. The van der Waals surface area contributed by atoms with Gasteiger partial charge in [0.05, 0.1) is 12.6 Å². The minimum Gasteiger partial charge on any atom is -0.526 e. The van der Waals surface area contributed by atoms with E-state index in [1.54, 1.807) is 62.4 Å². The van der Waals surface area contributed by atoms with E-state index in [0.29, 0.717) is 22.6 Å². The van der Waals surface area contributed by atoms with Crippen LogP contribution >= 0.6 is 0 Å². The Bertz CT molecular complexity index is 997. The van der Waals surface area contributed by atoms with Gasteiger partial charge in [-0.25, -0.2) is 10.1 Å². The lowest BCUT2D eigenvalue weighted by Gasteiger charge is -2.09. The van der Waals surface area contributed by atoms with Crippen LogP contribution in [0, 0.1) is 40.6 Å². The molecule has 7 heteroatoms. The van der Waals surface area contributed by atoms with Crippen molar-refractivity contribution in [2.75, 3.05) is 0 Å². The minimum atomic E-state index is 0.0544. The maximum Gasteiger partial charge on any atom is 0.658 e. The molecule has 0 heterocycles. The zero-order valence-electron chi connectivity index (χ0n) is 15.8. The van der Waals surface area contributed by atoms with Gasteiger partial charge in [-0.1, -0.05) is 24.3 Å². The molecule has 0 spiro atoms. The number of nitriles is 3. The molecule has 2 rings (SSSR count). The summed E-state index contributed by atoms with van der Waals surface area (Å²) in [4.78, 5) is 3.20. The van der Waals surface area contributed by atoms with Crippen LogP contribution in [0.1, 0.15) is 25.0 Å². The van der Waals surface area contributed by atoms with Gasteiger partial charge in [0, 0.05) is 0 Å². The van der Waals surface area contributed by atoms with E-state index in [1.165, 1.54) is 7.69 Å². The first kappa shape index (κ1) is 20.9. The van der Waals surface area contributed by atoms with Gasteiger partial charge in [-0.05, 0) is 60.4 Å². The van der Waals surface area contributed by atoms with Gasteiger partial charge in [-0.15, -0.1) is 0 Å². The summed E-state index contributed by atoms with van der Waals surface area (Å²) >= 11 is 0. The van der Waals surface area contributed by atoms with Crippen LogP contribution in [-0.2, 0) is 0 Å². The van der Waals surface area contributed by atoms with Gasteiger partial charge in [0.2, 0.25) is 0 Å². The van der Waals surface area contributed by atoms with Crippen molar-refractivity contribution in [3.05, 3.63) is 82.3 Å². The predicted molar refractivity (Wildman–Crippen MR) is 109 cm³/mol. The zero-order valence-corrected chi connectivity index (χ0v) is 15.8. The third kappa shape index (κ3) is 5.27. The van der Waals surface area contributed by atoms with Crippen molar-refractivity contribution in [2.24, 2.45) is 0 Å². The van der Waals surface area contributed by atoms with Gasteiger partial charge in [0.15, 0.2) is 0 Å². The molecule has 0 aliphatic carbocycles. The van der Waals surface area contributed by atoms with Crippen LogP contribution in [0.25, 0.3) is 16.0 Å². The summed E-state index contributed by atoms with van der Waals surface area (Å²) in [6.07, 6.45) is 0. The third-order valence-corrected chi connectivity index (χ3v) is 4.11. The number of hydrogen-bond donors (Lipinski definition) is 0. The first-order chi connectivity index (χ1) is 14.0.